The number of fused-ring (bicyclic) bond motifs is 1. The van der Waals surface area contributed by atoms with E-state index in [-0.39, 0.29) is 28.5 Å². The number of esters is 1. The summed E-state index contributed by atoms with van der Waals surface area (Å²) < 4.78 is 6.31. The number of hydrogen-bond acceptors (Lipinski definition) is 12. The van der Waals surface area contributed by atoms with Crippen LogP contribution in [0, 0.1) is 10.1 Å². The lowest BCUT2D eigenvalue weighted by molar-refractivity contribution is -0.384. The maximum Gasteiger partial charge on any atom is 0.356 e. The lowest BCUT2D eigenvalue weighted by Crippen LogP contribution is -2.71. The van der Waals surface area contributed by atoms with Gasteiger partial charge >= 0.3 is 5.97 Å². The number of nitro benzene ring substituents is 1. The topological polar surface area (TPSA) is 165 Å². The van der Waals surface area contributed by atoms with E-state index in [0.29, 0.717) is 16.3 Å². The van der Waals surface area contributed by atoms with Crippen LogP contribution in [0.4, 0.5) is 10.8 Å². The minimum absolute atomic E-state index is 0.0269. The first-order valence-corrected chi connectivity index (χ1v) is 23.4. The van der Waals surface area contributed by atoms with E-state index in [4.69, 9.17) is 14.6 Å². The Morgan fingerprint density at radius 2 is 1.32 bits per heavy atom. The van der Waals surface area contributed by atoms with Crippen molar-refractivity contribution in [1.29, 1.82) is 0 Å². The molecule has 0 bridgehead atoms. The van der Waals surface area contributed by atoms with E-state index in [2.05, 4.69) is 52.2 Å². The Morgan fingerprint density at radius 1 is 0.794 bits per heavy atom. The van der Waals surface area contributed by atoms with Gasteiger partial charge in [0.2, 0.25) is 0 Å². The molecule has 1 unspecified atom stereocenters. The summed E-state index contributed by atoms with van der Waals surface area (Å²) in [4.78, 5) is 65.4. The fourth-order valence-corrected chi connectivity index (χ4v) is 10.4. The molecule has 1 fully saturated rings. The van der Waals surface area contributed by atoms with Gasteiger partial charge in [0.1, 0.15) is 35.5 Å². The van der Waals surface area contributed by atoms with Gasteiger partial charge in [-0.05, 0) is 51.1 Å². The number of ether oxygens (including phenoxy) is 1. The summed E-state index contributed by atoms with van der Waals surface area (Å²) in [6.45, 7) is 0. The number of oxime groups is 1. The van der Waals surface area contributed by atoms with E-state index in [1.54, 1.807) is 29.7 Å². The van der Waals surface area contributed by atoms with Gasteiger partial charge in [0.25, 0.3) is 17.5 Å². The normalized spacial score (nSPS) is 15.9. The third-order valence-electron chi connectivity index (χ3n) is 11.5. The largest absolute Gasteiger partial charge is 0.448 e. The molecule has 15 heteroatoms. The van der Waals surface area contributed by atoms with E-state index in [1.807, 2.05) is 115 Å². The van der Waals surface area contributed by atoms with Crippen LogP contribution in [0.25, 0.3) is 6.08 Å². The van der Waals surface area contributed by atoms with Crippen LogP contribution in [-0.2, 0) is 29.5 Å². The molecule has 2 atom stereocenters. The average Bonchev–Trinajstić information content (AvgIpc) is 3.86. The number of amides is 2. The van der Waals surface area contributed by atoms with Gasteiger partial charge < -0.3 is 20.2 Å². The first-order chi connectivity index (χ1) is 33.2. The number of thioether (sulfide) groups is 1. The number of β-lactam (4-membered cyclic amide) rings is 1. The third-order valence-corrected chi connectivity index (χ3v) is 13.6. The number of nitrogens with one attached hydrogen (secondary N) is 2. The van der Waals surface area contributed by atoms with Crippen LogP contribution in [0.15, 0.2) is 204 Å². The molecule has 0 spiro atoms. The summed E-state index contributed by atoms with van der Waals surface area (Å²) >= 11 is 2.65. The zero-order valence-electron chi connectivity index (χ0n) is 36.4. The van der Waals surface area contributed by atoms with E-state index in [1.165, 1.54) is 47.2 Å². The molecule has 68 heavy (non-hydrogen) atoms. The lowest BCUT2D eigenvalue weighted by Gasteiger charge is -2.49. The lowest BCUT2D eigenvalue weighted by atomic mass is 9.77. The minimum atomic E-state index is -1.05. The van der Waals surface area contributed by atoms with Crippen LogP contribution in [0.3, 0.4) is 0 Å². The van der Waals surface area contributed by atoms with Crippen LogP contribution in [0.1, 0.15) is 45.2 Å². The number of allylic oxidation sites excluding steroid dienone is 1. The second-order valence-electron chi connectivity index (χ2n) is 15.7. The second-order valence-corrected chi connectivity index (χ2v) is 17.6. The highest BCUT2D eigenvalue weighted by molar-refractivity contribution is 8.00. The fraction of sp³-hybridized carbons (Fsp3) is 0.113. The molecule has 0 aliphatic carbocycles. The number of nitro groups is 1. The summed E-state index contributed by atoms with van der Waals surface area (Å²) in [5, 5.41) is 23.5. The van der Waals surface area contributed by atoms with Crippen LogP contribution in [0.2, 0.25) is 0 Å². The zero-order chi connectivity index (χ0) is 47.0. The average molecular weight is 939 g/mol. The molecule has 0 radical (unpaired) electrons. The van der Waals surface area contributed by atoms with Crippen LogP contribution in [0.5, 0.6) is 0 Å². The molecule has 2 amide bonds. The van der Waals surface area contributed by atoms with E-state index >= 15 is 0 Å². The number of aromatic nitrogens is 1. The molecule has 9 rings (SSSR count). The summed E-state index contributed by atoms with van der Waals surface area (Å²) in [7, 11) is 1.32. The Bertz CT molecular complexity index is 2890. The molecule has 0 saturated carbocycles. The summed E-state index contributed by atoms with van der Waals surface area (Å²) in [6, 6.07) is 53.7. The molecule has 1 saturated heterocycles. The molecule has 1 aromatic heterocycles. The van der Waals surface area contributed by atoms with Gasteiger partial charge in [0, 0.05) is 23.3 Å². The number of carbonyl (C=O) groups excluding carboxylic acids is 3. The molecule has 13 nitrogen and oxygen atoms in total. The third kappa shape index (κ3) is 9.17. The Hall–Kier alpha value is -8.14. The quantitative estimate of drug-likeness (QED) is 0.0238. The molecular weight excluding hydrogens is 897 g/mol. The molecule has 338 valence electrons. The first kappa shape index (κ1) is 45.0. The number of rotatable bonds is 16. The predicted molar refractivity (Wildman–Crippen MR) is 263 cm³/mol. The van der Waals surface area contributed by atoms with Crippen LogP contribution >= 0.6 is 23.1 Å². The monoisotopic (exact) mass is 938 g/mol. The van der Waals surface area contributed by atoms with Crippen molar-refractivity contribution in [3.05, 3.63) is 248 Å². The Morgan fingerprint density at radius 3 is 1.84 bits per heavy atom. The van der Waals surface area contributed by atoms with Gasteiger partial charge in [-0.1, -0.05) is 169 Å². The van der Waals surface area contributed by atoms with Crippen molar-refractivity contribution in [3.8, 4) is 0 Å². The van der Waals surface area contributed by atoms with Crippen molar-refractivity contribution < 1.29 is 28.9 Å². The van der Waals surface area contributed by atoms with Crippen molar-refractivity contribution in [2.75, 3.05) is 18.2 Å². The molecule has 3 heterocycles. The number of hydrogen-bond donors (Lipinski definition) is 2. The highest BCUT2D eigenvalue weighted by atomic mass is 32.2. The highest BCUT2D eigenvalue weighted by Gasteiger charge is 2.55. The number of nitrogens with zero attached hydrogens (tertiary/aromatic N) is 4. The Labute approximate surface area is 400 Å². The van der Waals surface area contributed by atoms with Crippen molar-refractivity contribution in [2.45, 2.75) is 23.1 Å². The van der Waals surface area contributed by atoms with Gasteiger partial charge in [-0.15, -0.1) is 23.1 Å². The number of carbonyl (C=O) groups is 3. The van der Waals surface area contributed by atoms with E-state index < -0.39 is 45.8 Å². The predicted octanol–water partition coefficient (Wildman–Crippen LogP) is 9.51. The molecule has 7 aromatic rings. The van der Waals surface area contributed by atoms with Gasteiger partial charge in [-0.3, -0.25) is 24.6 Å². The molecule has 2 aliphatic heterocycles. The van der Waals surface area contributed by atoms with Crippen molar-refractivity contribution >= 4 is 63.5 Å². The van der Waals surface area contributed by atoms with Gasteiger partial charge in [0.05, 0.1) is 4.92 Å². The van der Waals surface area contributed by atoms with Gasteiger partial charge in [0.15, 0.2) is 16.9 Å². The highest BCUT2D eigenvalue weighted by Crippen LogP contribution is 2.43. The molecule has 2 N–H and O–H groups in total. The maximum atomic E-state index is 14.6. The SMILES string of the molecule is CO/N=C(/C(=O)NC1C(=O)N2C(C(=O)OC(c3ccccc3)c3ccccc3)=C(/C=C/c3ccc([N+](=O)[O-])cc3)CS[C@H]12)c1csc(NC(c2ccccc2)(c2ccccc2)c2ccccc2)n1. The summed E-state index contributed by atoms with van der Waals surface area (Å²) in [6.07, 6.45) is 2.62. The first-order valence-electron chi connectivity index (χ1n) is 21.5. The standard InChI is InChI=1S/C53H42N6O7S2/c1-65-57-44(43-34-68-52(54-43)56-53(39-21-11-4-12-22-39,40-23-13-5-14-24-40)41-25-15-6-16-26-41)48(60)55-45-49(61)58-46(38(33-67-50(45)58)30-27-35-28-31-42(32-29-35)59(63)64)51(62)66-47(36-17-7-2-8-18-36)37-19-9-3-10-20-37/h2-32,34,45,47,50H,33H2,1H3,(H,54,56)(H,55,60)/b30-27+,57-44+/t45?,50-/m1/s1. The Balaban J connectivity index is 0.997. The van der Waals surface area contributed by atoms with Crippen molar-refractivity contribution in [2.24, 2.45) is 5.16 Å². The maximum absolute atomic E-state index is 14.6. The molecule has 2 aliphatic rings. The number of non-ortho nitro benzene ring substituents is 1. The van der Waals surface area contributed by atoms with Crippen molar-refractivity contribution in [3.63, 3.8) is 0 Å². The summed E-state index contributed by atoms with van der Waals surface area (Å²) in [5.41, 5.74) is 4.65. The second kappa shape index (κ2) is 20.2. The smallest absolute Gasteiger partial charge is 0.356 e. The molecule has 6 aromatic carbocycles. The minimum Gasteiger partial charge on any atom is -0.448 e. The number of anilines is 1. The van der Waals surface area contributed by atoms with Crippen molar-refractivity contribution in [1.82, 2.24) is 15.2 Å². The summed E-state index contributed by atoms with van der Waals surface area (Å²) in [5.74, 6) is -1.71. The molecular formula is C53H42N6O7S2. The fourth-order valence-electron chi connectivity index (χ4n) is 8.30. The number of thiazole rings is 1. The van der Waals surface area contributed by atoms with Gasteiger partial charge in [-0.2, -0.15) is 0 Å². The van der Waals surface area contributed by atoms with Gasteiger partial charge in [-0.25, -0.2) is 9.78 Å². The van der Waals surface area contributed by atoms with E-state index in [9.17, 15) is 24.5 Å². The zero-order valence-corrected chi connectivity index (χ0v) is 38.0. The number of benzene rings is 6. The van der Waals surface area contributed by atoms with E-state index in [0.717, 1.165) is 27.8 Å². The van der Waals surface area contributed by atoms with Crippen LogP contribution < -0.4 is 10.6 Å². The Kier molecular flexibility index (Phi) is 13.4. The van der Waals surface area contributed by atoms with Crippen LogP contribution in [-0.4, -0.2) is 62.6 Å².